The van der Waals surface area contributed by atoms with Crippen molar-refractivity contribution in [2.75, 3.05) is 17.2 Å². The van der Waals surface area contributed by atoms with Gasteiger partial charge in [-0.1, -0.05) is 53.7 Å². The number of thioether (sulfide) groups is 1. The molecule has 200 valence electrons. The second-order valence-electron chi connectivity index (χ2n) is 9.05. The van der Waals surface area contributed by atoms with E-state index in [-0.39, 0.29) is 40.8 Å². The van der Waals surface area contributed by atoms with E-state index in [1.807, 2.05) is 37.3 Å². The maximum Gasteiger partial charge on any atom is 0.416 e. The number of aryl methyl sites for hydroxylation is 1. The van der Waals surface area contributed by atoms with Crippen molar-refractivity contribution in [3.8, 4) is 5.69 Å². The lowest BCUT2D eigenvalue weighted by Crippen LogP contribution is -2.30. The summed E-state index contributed by atoms with van der Waals surface area (Å²) in [6, 6.07) is 19.5. The second kappa shape index (κ2) is 10.9. The Kier molecular flexibility index (Phi) is 7.42. The predicted molar refractivity (Wildman–Crippen MR) is 142 cm³/mol. The molecule has 0 atom stereocenters. The van der Waals surface area contributed by atoms with Gasteiger partial charge in [0.1, 0.15) is 0 Å². The van der Waals surface area contributed by atoms with E-state index >= 15 is 0 Å². The smallest absolute Gasteiger partial charge is 0.345 e. The summed E-state index contributed by atoms with van der Waals surface area (Å²) in [5, 5.41) is 11.3. The van der Waals surface area contributed by atoms with Gasteiger partial charge in [0, 0.05) is 17.8 Å². The zero-order valence-corrected chi connectivity index (χ0v) is 21.7. The standard InChI is InChI=1S/C28H24F3N5O2S/c1-18-6-4-8-20(14-18)26(38)32-16-24-33-34-27(36(24)22-10-5-9-21(15-22)28(29,30)31)39-17-25(37)35-13-12-19-7-2-3-11-23(19)35/h2-11,14-15H,12-13,16-17H2,1H3,(H,32,38). The van der Waals surface area contributed by atoms with Crippen molar-refractivity contribution in [3.05, 3.63) is 101 Å². The number of hydrogen-bond acceptors (Lipinski definition) is 5. The first-order chi connectivity index (χ1) is 18.7. The lowest BCUT2D eigenvalue weighted by atomic mass is 10.1. The summed E-state index contributed by atoms with van der Waals surface area (Å²) in [7, 11) is 0. The molecule has 1 aliphatic heterocycles. The topological polar surface area (TPSA) is 80.1 Å². The Labute approximate surface area is 227 Å². The molecule has 2 amide bonds. The molecule has 0 spiro atoms. The summed E-state index contributed by atoms with van der Waals surface area (Å²) in [6.07, 6.45) is -3.78. The third kappa shape index (κ3) is 5.83. The minimum absolute atomic E-state index is 0.0150. The van der Waals surface area contributed by atoms with Crippen molar-refractivity contribution >= 4 is 29.3 Å². The number of amides is 2. The first-order valence-corrected chi connectivity index (χ1v) is 13.2. The molecule has 4 aromatic rings. The van der Waals surface area contributed by atoms with Crippen LogP contribution in [0.4, 0.5) is 18.9 Å². The van der Waals surface area contributed by atoms with Gasteiger partial charge in [0.05, 0.1) is 23.5 Å². The summed E-state index contributed by atoms with van der Waals surface area (Å²) in [5.41, 5.74) is 2.67. The predicted octanol–water partition coefficient (Wildman–Crippen LogP) is 5.21. The minimum Gasteiger partial charge on any atom is -0.345 e. The van der Waals surface area contributed by atoms with Gasteiger partial charge in [0.15, 0.2) is 11.0 Å². The first kappa shape index (κ1) is 26.5. The molecule has 0 saturated heterocycles. The zero-order valence-electron chi connectivity index (χ0n) is 20.9. The van der Waals surface area contributed by atoms with Gasteiger partial charge < -0.3 is 10.2 Å². The number of para-hydroxylation sites is 1. The highest BCUT2D eigenvalue weighted by Gasteiger charge is 2.31. The van der Waals surface area contributed by atoms with E-state index in [4.69, 9.17) is 0 Å². The Hall–Kier alpha value is -4.12. The van der Waals surface area contributed by atoms with Gasteiger partial charge in [-0.15, -0.1) is 10.2 Å². The summed E-state index contributed by atoms with van der Waals surface area (Å²) in [5.74, 6) is -0.245. The van der Waals surface area contributed by atoms with Crippen LogP contribution in [0.1, 0.15) is 32.9 Å². The summed E-state index contributed by atoms with van der Waals surface area (Å²) in [6.45, 7) is 2.35. The molecule has 1 aromatic heterocycles. The third-order valence-electron chi connectivity index (χ3n) is 6.33. The molecular formula is C28H24F3N5O2S. The van der Waals surface area contributed by atoms with Gasteiger partial charge in [0.25, 0.3) is 5.91 Å². The van der Waals surface area contributed by atoms with Gasteiger partial charge >= 0.3 is 6.18 Å². The van der Waals surface area contributed by atoms with E-state index < -0.39 is 11.7 Å². The van der Waals surface area contributed by atoms with E-state index in [1.54, 1.807) is 23.1 Å². The Morgan fingerprint density at radius 3 is 2.59 bits per heavy atom. The zero-order chi connectivity index (χ0) is 27.6. The normalized spacial score (nSPS) is 12.9. The Bertz CT molecular complexity index is 1540. The molecule has 0 bridgehead atoms. The molecule has 0 radical (unpaired) electrons. The number of carbonyl (C=O) groups excluding carboxylic acids is 2. The van der Waals surface area contributed by atoms with Gasteiger partial charge in [-0.05, 0) is 55.3 Å². The average Bonchev–Trinajstić information content (AvgIpc) is 3.54. The van der Waals surface area contributed by atoms with Gasteiger partial charge in [-0.2, -0.15) is 13.2 Å². The van der Waals surface area contributed by atoms with E-state index in [9.17, 15) is 22.8 Å². The molecule has 5 rings (SSSR count). The number of fused-ring (bicyclic) bond motifs is 1. The third-order valence-corrected chi connectivity index (χ3v) is 7.25. The molecule has 39 heavy (non-hydrogen) atoms. The first-order valence-electron chi connectivity index (χ1n) is 12.2. The number of anilines is 1. The largest absolute Gasteiger partial charge is 0.416 e. The number of rotatable bonds is 7. The van der Waals surface area contributed by atoms with Crippen LogP contribution in [0.5, 0.6) is 0 Å². The number of nitrogens with zero attached hydrogens (tertiary/aromatic N) is 4. The van der Waals surface area contributed by atoms with Crippen molar-refractivity contribution < 1.29 is 22.8 Å². The highest BCUT2D eigenvalue weighted by atomic mass is 32.2. The van der Waals surface area contributed by atoms with Crippen molar-refractivity contribution in [1.29, 1.82) is 0 Å². The monoisotopic (exact) mass is 551 g/mol. The van der Waals surface area contributed by atoms with Crippen LogP contribution in [0.15, 0.2) is 78.0 Å². The maximum absolute atomic E-state index is 13.5. The van der Waals surface area contributed by atoms with E-state index in [0.717, 1.165) is 47.1 Å². The number of hydrogen-bond donors (Lipinski definition) is 1. The molecule has 7 nitrogen and oxygen atoms in total. The van der Waals surface area contributed by atoms with E-state index in [1.165, 1.54) is 16.7 Å². The second-order valence-corrected chi connectivity index (χ2v) is 9.99. The fraction of sp³-hybridized carbons (Fsp3) is 0.214. The van der Waals surface area contributed by atoms with Gasteiger partial charge in [-0.25, -0.2) is 0 Å². The van der Waals surface area contributed by atoms with Gasteiger partial charge in [0.2, 0.25) is 5.91 Å². The molecular weight excluding hydrogens is 527 g/mol. The average molecular weight is 552 g/mol. The Morgan fingerprint density at radius 2 is 1.79 bits per heavy atom. The number of alkyl halides is 3. The van der Waals surface area contributed by atoms with Crippen LogP contribution >= 0.6 is 11.8 Å². The van der Waals surface area contributed by atoms with Crippen LogP contribution in [0.3, 0.4) is 0 Å². The number of halogens is 3. The van der Waals surface area contributed by atoms with Gasteiger partial charge in [-0.3, -0.25) is 14.2 Å². The summed E-state index contributed by atoms with van der Waals surface area (Å²) in [4.78, 5) is 27.5. The van der Waals surface area contributed by atoms with Crippen LogP contribution in [-0.2, 0) is 23.9 Å². The molecule has 2 heterocycles. The molecule has 0 aliphatic carbocycles. The van der Waals surface area contributed by atoms with Crippen LogP contribution in [0.25, 0.3) is 5.69 Å². The Balaban J connectivity index is 1.40. The number of benzene rings is 3. The fourth-order valence-electron chi connectivity index (χ4n) is 4.44. The lowest BCUT2D eigenvalue weighted by Gasteiger charge is -2.17. The van der Waals surface area contributed by atoms with Crippen LogP contribution in [0.2, 0.25) is 0 Å². The van der Waals surface area contributed by atoms with Crippen molar-refractivity contribution in [3.63, 3.8) is 0 Å². The highest BCUT2D eigenvalue weighted by Crippen LogP contribution is 2.32. The van der Waals surface area contributed by atoms with Crippen molar-refractivity contribution in [1.82, 2.24) is 20.1 Å². The van der Waals surface area contributed by atoms with E-state index in [2.05, 4.69) is 15.5 Å². The quantitative estimate of drug-likeness (QED) is 0.319. The highest BCUT2D eigenvalue weighted by molar-refractivity contribution is 7.99. The summed E-state index contributed by atoms with van der Waals surface area (Å²) < 4.78 is 41.9. The lowest BCUT2D eigenvalue weighted by molar-refractivity contribution is -0.137. The van der Waals surface area contributed by atoms with Crippen LogP contribution < -0.4 is 10.2 Å². The SMILES string of the molecule is Cc1cccc(C(=O)NCc2nnc(SCC(=O)N3CCc4ccccc43)n2-c2cccc(C(F)(F)F)c2)c1. The van der Waals surface area contributed by atoms with Crippen molar-refractivity contribution in [2.45, 2.75) is 31.2 Å². The van der Waals surface area contributed by atoms with Crippen LogP contribution in [-0.4, -0.2) is 38.9 Å². The molecule has 0 unspecified atom stereocenters. The van der Waals surface area contributed by atoms with E-state index in [0.29, 0.717) is 12.1 Å². The van der Waals surface area contributed by atoms with Crippen LogP contribution in [0, 0.1) is 6.92 Å². The fourth-order valence-corrected chi connectivity index (χ4v) is 5.29. The molecule has 0 fully saturated rings. The maximum atomic E-state index is 13.5. The van der Waals surface area contributed by atoms with Crippen molar-refractivity contribution in [2.24, 2.45) is 0 Å². The number of aromatic nitrogens is 3. The summed E-state index contributed by atoms with van der Waals surface area (Å²) >= 11 is 1.08. The number of carbonyl (C=O) groups is 2. The Morgan fingerprint density at radius 1 is 1.00 bits per heavy atom. The molecule has 11 heteroatoms. The number of nitrogens with one attached hydrogen (secondary N) is 1. The minimum atomic E-state index is -4.55. The molecule has 1 N–H and O–H groups in total. The molecule has 3 aromatic carbocycles. The molecule has 1 aliphatic rings. The molecule has 0 saturated carbocycles.